The van der Waals surface area contributed by atoms with E-state index >= 15 is 0 Å². The number of hydrogen-bond acceptors (Lipinski definition) is 5. The maximum absolute atomic E-state index is 10.8. The van der Waals surface area contributed by atoms with E-state index in [0.29, 0.717) is 17.1 Å². The second kappa shape index (κ2) is 6.43. The molecule has 21 heavy (non-hydrogen) atoms. The molecule has 1 heterocycles. The van der Waals surface area contributed by atoms with E-state index in [1.165, 1.54) is 10.8 Å². The molecule has 0 fully saturated rings. The summed E-state index contributed by atoms with van der Waals surface area (Å²) < 4.78 is 23.1. The summed E-state index contributed by atoms with van der Waals surface area (Å²) >= 11 is -2.17. The molecule has 1 aromatic heterocycles. The number of nitrogens with one attached hydrogen (secondary N) is 1. The fourth-order valence-electron chi connectivity index (χ4n) is 1.79. The molecule has 0 spiro atoms. The number of hydrogen-bond donors (Lipinski definition) is 3. The third kappa shape index (κ3) is 3.62. The zero-order valence-electron chi connectivity index (χ0n) is 10.7. The van der Waals surface area contributed by atoms with E-state index in [0.717, 1.165) is 0 Å². The minimum absolute atomic E-state index is 0.177. The van der Waals surface area contributed by atoms with E-state index in [1.807, 2.05) is 0 Å². The number of nitrogens with zero attached hydrogens (tertiary/aromatic N) is 3. The molecule has 1 atom stereocenters. The van der Waals surface area contributed by atoms with Gasteiger partial charge in [-0.05, 0) is 34.2 Å². The van der Waals surface area contributed by atoms with Crippen LogP contribution in [0.1, 0.15) is 0 Å². The lowest BCUT2D eigenvalue weighted by atomic mass is 10.2. The molecular weight excluding hydrogens is 300 g/mol. The zero-order chi connectivity index (χ0) is 15.4. The van der Waals surface area contributed by atoms with Crippen molar-refractivity contribution in [2.75, 3.05) is 11.3 Å². The Hall–Kier alpha value is -2.30. The topological polar surface area (TPSA) is 131 Å². The number of aliphatic hydroxyl groups is 1. The first-order valence-corrected chi connectivity index (χ1v) is 6.92. The summed E-state index contributed by atoms with van der Waals surface area (Å²) in [5.41, 5.74) is 1.01. The highest BCUT2D eigenvalue weighted by Gasteiger charge is 2.19. The average Bonchev–Trinajstić information content (AvgIpc) is 2.84. The van der Waals surface area contributed by atoms with Crippen LogP contribution in [0, 0.1) is 10.1 Å². The van der Waals surface area contributed by atoms with Gasteiger partial charge < -0.3 is 19.8 Å². The summed E-state index contributed by atoms with van der Waals surface area (Å²) in [4.78, 5) is 14.1. The zero-order valence-corrected chi connectivity index (χ0v) is 11.5. The molecule has 0 amide bonds. The Morgan fingerprint density at radius 1 is 1.38 bits per heavy atom. The Kier molecular flexibility index (Phi) is 4.62. The van der Waals surface area contributed by atoms with Gasteiger partial charge in [-0.25, -0.2) is 4.21 Å². The van der Waals surface area contributed by atoms with Crippen molar-refractivity contribution in [1.29, 1.82) is 0 Å². The molecular formula is C11H12N4O5S. The maximum atomic E-state index is 10.8. The van der Waals surface area contributed by atoms with Gasteiger partial charge in [-0.1, -0.05) is 0 Å². The Morgan fingerprint density at radius 2 is 2.05 bits per heavy atom. The highest BCUT2D eigenvalue weighted by atomic mass is 32.2. The molecule has 10 heteroatoms. The molecule has 0 aliphatic heterocycles. The fraction of sp³-hybridized carbons (Fsp3) is 0.182. The molecule has 0 saturated carbocycles. The molecule has 0 bridgehead atoms. The van der Waals surface area contributed by atoms with Crippen molar-refractivity contribution in [1.82, 2.24) is 9.55 Å². The molecule has 112 valence electrons. The lowest BCUT2D eigenvalue weighted by Gasteiger charge is -2.04. The number of aliphatic hydroxyl groups excluding tert-OH is 1. The summed E-state index contributed by atoms with van der Waals surface area (Å²) in [7, 11) is 0. The predicted octanol–water partition coefficient (Wildman–Crippen LogP) is 0.999. The van der Waals surface area contributed by atoms with Gasteiger partial charge in [0.05, 0.1) is 6.61 Å². The van der Waals surface area contributed by atoms with Gasteiger partial charge in [0.2, 0.25) is 0 Å². The maximum Gasteiger partial charge on any atom is 0.382 e. The Bertz CT molecular complexity index is 670. The van der Waals surface area contributed by atoms with Gasteiger partial charge in [-0.15, -0.1) is 0 Å². The van der Waals surface area contributed by atoms with E-state index < -0.39 is 16.2 Å². The predicted molar refractivity (Wildman–Crippen MR) is 75.8 cm³/mol. The SMILES string of the molecule is O=[N+]([O-])c1cn(CCO)c(-c2ccc(NS(=O)O)cc2)n1. The minimum Gasteiger partial charge on any atom is -0.395 e. The van der Waals surface area contributed by atoms with Crippen LogP contribution < -0.4 is 4.72 Å². The first-order valence-electron chi connectivity index (χ1n) is 5.81. The smallest absolute Gasteiger partial charge is 0.382 e. The van der Waals surface area contributed by atoms with Crippen LogP contribution in [0.3, 0.4) is 0 Å². The average molecular weight is 312 g/mol. The van der Waals surface area contributed by atoms with Crippen molar-refractivity contribution in [3.8, 4) is 11.4 Å². The van der Waals surface area contributed by atoms with E-state index in [1.54, 1.807) is 24.3 Å². The van der Waals surface area contributed by atoms with Gasteiger partial charge in [0.15, 0.2) is 0 Å². The number of nitro groups is 1. The van der Waals surface area contributed by atoms with Gasteiger partial charge in [-0.3, -0.25) is 9.27 Å². The third-order valence-electron chi connectivity index (χ3n) is 2.64. The van der Waals surface area contributed by atoms with Crippen LogP contribution in [0.2, 0.25) is 0 Å². The molecule has 0 saturated heterocycles. The van der Waals surface area contributed by atoms with Crippen molar-refractivity contribution in [3.05, 3.63) is 40.6 Å². The molecule has 3 N–H and O–H groups in total. The number of imidazole rings is 1. The second-order valence-corrected chi connectivity index (χ2v) is 4.73. The number of benzene rings is 1. The molecule has 0 radical (unpaired) electrons. The molecule has 0 aliphatic rings. The fourth-order valence-corrected chi connectivity index (χ4v) is 2.12. The molecule has 1 unspecified atom stereocenters. The van der Waals surface area contributed by atoms with E-state index in [2.05, 4.69) is 9.71 Å². The quantitative estimate of drug-likeness (QED) is 0.414. The monoisotopic (exact) mass is 312 g/mol. The number of aromatic nitrogens is 2. The second-order valence-electron chi connectivity index (χ2n) is 4.03. The van der Waals surface area contributed by atoms with Gasteiger partial charge in [0.1, 0.15) is 6.20 Å². The van der Waals surface area contributed by atoms with Gasteiger partial charge >= 0.3 is 5.82 Å². The lowest BCUT2D eigenvalue weighted by Crippen LogP contribution is -2.03. The lowest BCUT2D eigenvalue weighted by molar-refractivity contribution is -0.389. The summed E-state index contributed by atoms with van der Waals surface area (Å²) in [6, 6.07) is 6.31. The summed E-state index contributed by atoms with van der Waals surface area (Å²) in [6.45, 7) is 0.000475. The van der Waals surface area contributed by atoms with Crippen LogP contribution >= 0.6 is 0 Å². The summed E-state index contributed by atoms with van der Waals surface area (Å²) in [5, 5.41) is 19.8. The molecule has 1 aromatic carbocycles. The van der Waals surface area contributed by atoms with Crippen molar-refractivity contribution in [3.63, 3.8) is 0 Å². The highest BCUT2D eigenvalue weighted by Crippen LogP contribution is 2.24. The molecule has 0 aliphatic carbocycles. The Balaban J connectivity index is 2.35. The van der Waals surface area contributed by atoms with E-state index in [9.17, 15) is 14.3 Å². The standard InChI is InChI=1S/C11H12N4O5S/c16-6-5-14-7-10(15(17)18)12-11(14)8-1-3-9(4-2-8)13-21(19)20/h1-4,7,13,16H,5-6H2,(H,19,20). The normalized spacial score (nSPS) is 12.1. The summed E-state index contributed by atoms with van der Waals surface area (Å²) in [5.74, 6) is 0.0320. The van der Waals surface area contributed by atoms with Gasteiger partial charge in [0, 0.05) is 17.8 Å². The first-order chi connectivity index (χ1) is 10.0. The number of rotatable bonds is 6. The molecule has 2 aromatic rings. The minimum atomic E-state index is -2.17. The van der Waals surface area contributed by atoms with Crippen LogP contribution in [-0.4, -0.2) is 34.9 Å². The van der Waals surface area contributed by atoms with Crippen molar-refractivity contribution >= 4 is 22.8 Å². The Labute approximate surface area is 121 Å². The van der Waals surface area contributed by atoms with E-state index in [4.69, 9.17) is 9.66 Å². The largest absolute Gasteiger partial charge is 0.395 e. The van der Waals surface area contributed by atoms with Crippen LogP contribution in [0.15, 0.2) is 30.5 Å². The van der Waals surface area contributed by atoms with E-state index in [-0.39, 0.29) is 19.0 Å². The van der Waals surface area contributed by atoms with Crippen LogP contribution in [0.5, 0.6) is 0 Å². The summed E-state index contributed by atoms with van der Waals surface area (Å²) in [6.07, 6.45) is 1.25. The van der Waals surface area contributed by atoms with Crippen LogP contribution in [-0.2, 0) is 17.8 Å². The van der Waals surface area contributed by atoms with Gasteiger partial charge in [0.25, 0.3) is 17.1 Å². The highest BCUT2D eigenvalue weighted by molar-refractivity contribution is 7.80. The first kappa shape index (κ1) is 15.1. The third-order valence-corrected chi connectivity index (χ3v) is 3.05. The molecule has 2 rings (SSSR count). The molecule has 9 nitrogen and oxygen atoms in total. The Morgan fingerprint density at radius 3 is 2.57 bits per heavy atom. The number of anilines is 1. The van der Waals surface area contributed by atoms with Crippen molar-refractivity contribution < 1.29 is 18.8 Å². The van der Waals surface area contributed by atoms with Crippen molar-refractivity contribution in [2.45, 2.75) is 6.54 Å². The van der Waals surface area contributed by atoms with Crippen LogP contribution in [0.4, 0.5) is 11.5 Å². The van der Waals surface area contributed by atoms with Crippen LogP contribution in [0.25, 0.3) is 11.4 Å². The van der Waals surface area contributed by atoms with Gasteiger partial charge in [-0.2, -0.15) is 0 Å². The van der Waals surface area contributed by atoms with Crippen molar-refractivity contribution in [2.24, 2.45) is 0 Å².